The summed E-state index contributed by atoms with van der Waals surface area (Å²) in [5.74, 6) is -0.0745. The van der Waals surface area contributed by atoms with Crippen molar-refractivity contribution < 1.29 is 4.79 Å². The van der Waals surface area contributed by atoms with Crippen molar-refractivity contribution in [1.29, 1.82) is 0 Å². The molecular weight excluding hydrogens is 290 g/mol. The van der Waals surface area contributed by atoms with Crippen LogP contribution in [0.3, 0.4) is 0 Å². The standard InChI is InChI=1S/C18H21N3O2/c1-3-6-15-10-17(22)20(12-19-15)11-18(23)21-13(2)9-14-7-4-5-8-16(14)21/h4-5,7-8,10,12-13H,3,6,9,11H2,1-2H3/t13-/m1/s1. The predicted octanol–water partition coefficient (Wildman–Crippen LogP) is 2.17. The molecule has 0 spiro atoms. The van der Waals surface area contributed by atoms with Crippen molar-refractivity contribution >= 4 is 11.6 Å². The van der Waals surface area contributed by atoms with E-state index in [4.69, 9.17) is 0 Å². The number of hydrogen-bond donors (Lipinski definition) is 0. The molecular formula is C18H21N3O2. The fourth-order valence-corrected chi connectivity index (χ4v) is 3.14. The highest BCUT2D eigenvalue weighted by atomic mass is 16.2. The van der Waals surface area contributed by atoms with Crippen LogP contribution in [0.25, 0.3) is 0 Å². The molecule has 1 aromatic carbocycles. The second kappa shape index (κ2) is 6.36. The molecule has 0 bridgehead atoms. The molecule has 0 N–H and O–H groups in total. The molecule has 2 aromatic rings. The van der Waals surface area contributed by atoms with E-state index in [1.165, 1.54) is 22.5 Å². The number of benzene rings is 1. The van der Waals surface area contributed by atoms with Crippen LogP contribution in [-0.2, 0) is 24.2 Å². The van der Waals surface area contributed by atoms with Crippen LogP contribution in [0.4, 0.5) is 5.69 Å². The highest BCUT2D eigenvalue weighted by molar-refractivity contribution is 5.96. The third kappa shape index (κ3) is 3.04. The molecule has 0 radical (unpaired) electrons. The van der Waals surface area contributed by atoms with E-state index in [-0.39, 0.29) is 24.1 Å². The highest BCUT2D eigenvalue weighted by Gasteiger charge is 2.30. The van der Waals surface area contributed by atoms with Gasteiger partial charge in [0.1, 0.15) is 6.54 Å². The van der Waals surface area contributed by atoms with E-state index in [9.17, 15) is 9.59 Å². The highest BCUT2D eigenvalue weighted by Crippen LogP contribution is 2.31. The Morgan fingerprint density at radius 1 is 1.35 bits per heavy atom. The van der Waals surface area contributed by atoms with Gasteiger partial charge in [0.25, 0.3) is 5.56 Å². The molecule has 0 saturated carbocycles. The summed E-state index contributed by atoms with van der Waals surface area (Å²) < 4.78 is 1.38. The zero-order valence-corrected chi connectivity index (χ0v) is 13.5. The molecule has 5 heteroatoms. The van der Waals surface area contributed by atoms with Gasteiger partial charge in [-0.05, 0) is 31.4 Å². The summed E-state index contributed by atoms with van der Waals surface area (Å²) >= 11 is 0. The third-order valence-corrected chi connectivity index (χ3v) is 4.22. The molecule has 0 fully saturated rings. The van der Waals surface area contributed by atoms with Gasteiger partial charge in [-0.15, -0.1) is 0 Å². The second-order valence-electron chi connectivity index (χ2n) is 6.04. The SMILES string of the molecule is CCCc1cc(=O)n(CC(=O)N2c3ccccc3C[C@H]2C)cn1. The van der Waals surface area contributed by atoms with E-state index >= 15 is 0 Å². The van der Waals surface area contributed by atoms with Crippen molar-refractivity contribution in [2.75, 3.05) is 4.90 Å². The lowest BCUT2D eigenvalue weighted by molar-refractivity contribution is -0.119. The Morgan fingerprint density at radius 3 is 2.87 bits per heavy atom. The lowest BCUT2D eigenvalue weighted by Gasteiger charge is -2.23. The topological polar surface area (TPSA) is 55.2 Å². The summed E-state index contributed by atoms with van der Waals surface area (Å²) in [6.45, 7) is 4.10. The quantitative estimate of drug-likeness (QED) is 0.869. The number of hydrogen-bond acceptors (Lipinski definition) is 3. The van der Waals surface area contributed by atoms with Gasteiger partial charge in [0, 0.05) is 23.5 Å². The molecule has 1 atom stereocenters. The van der Waals surface area contributed by atoms with Crippen LogP contribution in [0, 0.1) is 0 Å². The van der Waals surface area contributed by atoms with Gasteiger partial charge in [-0.25, -0.2) is 4.98 Å². The number of para-hydroxylation sites is 1. The zero-order chi connectivity index (χ0) is 16.4. The fourth-order valence-electron chi connectivity index (χ4n) is 3.14. The minimum Gasteiger partial charge on any atom is -0.307 e. The van der Waals surface area contributed by atoms with Crippen molar-refractivity contribution in [3.8, 4) is 0 Å². The van der Waals surface area contributed by atoms with E-state index in [0.29, 0.717) is 0 Å². The van der Waals surface area contributed by atoms with Crippen molar-refractivity contribution in [2.24, 2.45) is 0 Å². The van der Waals surface area contributed by atoms with Gasteiger partial charge in [-0.2, -0.15) is 0 Å². The smallest absolute Gasteiger partial charge is 0.253 e. The molecule has 23 heavy (non-hydrogen) atoms. The first kappa shape index (κ1) is 15.5. The first-order valence-electron chi connectivity index (χ1n) is 8.05. The van der Waals surface area contributed by atoms with Crippen LogP contribution >= 0.6 is 0 Å². The Hall–Kier alpha value is -2.43. The van der Waals surface area contributed by atoms with Crippen LogP contribution in [-0.4, -0.2) is 21.5 Å². The van der Waals surface area contributed by atoms with Gasteiger partial charge in [-0.3, -0.25) is 14.2 Å². The maximum atomic E-state index is 12.7. The number of aromatic nitrogens is 2. The van der Waals surface area contributed by atoms with Crippen LogP contribution < -0.4 is 10.5 Å². The number of fused-ring (bicyclic) bond motifs is 1. The normalized spacial score (nSPS) is 16.4. The number of carbonyl (C=O) groups is 1. The fraction of sp³-hybridized carbons (Fsp3) is 0.389. The van der Waals surface area contributed by atoms with Crippen LogP contribution in [0.5, 0.6) is 0 Å². The van der Waals surface area contributed by atoms with Gasteiger partial charge in [0.05, 0.1) is 6.33 Å². The van der Waals surface area contributed by atoms with Gasteiger partial charge in [0.15, 0.2) is 0 Å². The number of amides is 1. The molecule has 0 aliphatic carbocycles. The van der Waals surface area contributed by atoms with E-state index in [1.807, 2.05) is 38.1 Å². The van der Waals surface area contributed by atoms with Gasteiger partial charge >= 0.3 is 0 Å². The van der Waals surface area contributed by atoms with Gasteiger partial charge < -0.3 is 4.90 Å². The van der Waals surface area contributed by atoms with Gasteiger partial charge in [-0.1, -0.05) is 31.5 Å². The van der Waals surface area contributed by atoms with Crippen molar-refractivity contribution in [3.63, 3.8) is 0 Å². The summed E-state index contributed by atoms with van der Waals surface area (Å²) in [5, 5.41) is 0. The van der Waals surface area contributed by atoms with Crippen LogP contribution in [0.15, 0.2) is 41.5 Å². The molecule has 0 unspecified atom stereocenters. The zero-order valence-electron chi connectivity index (χ0n) is 13.5. The molecule has 120 valence electrons. The molecule has 1 aromatic heterocycles. The molecule has 1 aliphatic heterocycles. The monoisotopic (exact) mass is 311 g/mol. The number of anilines is 1. The molecule has 0 saturated heterocycles. The minimum absolute atomic E-state index is 0.0247. The first-order chi connectivity index (χ1) is 11.1. The van der Waals surface area contributed by atoms with Crippen molar-refractivity contribution in [1.82, 2.24) is 9.55 Å². The summed E-state index contributed by atoms with van der Waals surface area (Å²) in [4.78, 5) is 30.9. The van der Waals surface area contributed by atoms with Crippen LogP contribution in [0.2, 0.25) is 0 Å². The van der Waals surface area contributed by atoms with E-state index < -0.39 is 0 Å². The largest absolute Gasteiger partial charge is 0.307 e. The average Bonchev–Trinajstić information content (AvgIpc) is 2.86. The summed E-state index contributed by atoms with van der Waals surface area (Å²) in [5.41, 5.74) is 2.74. The van der Waals surface area contributed by atoms with Gasteiger partial charge in [0.2, 0.25) is 5.91 Å². The number of carbonyl (C=O) groups excluding carboxylic acids is 1. The Labute approximate surface area is 135 Å². The molecule has 1 amide bonds. The maximum Gasteiger partial charge on any atom is 0.253 e. The van der Waals surface area contributed by atoms with Crippen LogP contribution in [0.1, 0.15) is 31.5 Å². The van der Waals surface area contributed by atoms with E-state index in [0.717, 1.165) is 30.6 Å². The molecule has 5 nitrogen and oxygen atoms in total. The molecule has 1 aliphatic rings. The number of rotatable bonds is 4. The Balaban J connectivity index is 1.81. The number of nitrogens with zero attached hydrogens (tertiary/aromatic N) is 3. The first-order valence-corrected chi connectivity index (χ1v) is 8.05. The van der Waals surface area contributed by atoms with Crippen molar-refractivity contribution in [3.05, 3.63) is 58.3 Å². The Morgan fingerprint density at radius 2 is 2.13 bits per heavy atom. The average molecular weight is 311 g/mol. The molecule has 2 heterocycles. The Kier molecular flexibility index (Phi) is 4.28. The summed E-state index contributed by atoms with van der Waals surface area (Å²) in [6, 6.07) is 9.57. The number of aryl methyl sites for hydroxylation is 1. The van der Waals surface area contributed by atoms with E-state index in [1.54, 1.807) is 4.90 Å². The summed E-state index contributed by atoms with van der Waals surface area (Å²) in [7, 11) is 0. The third-order valence-electron chi connectivity index (χ3n) is 4.22. The summed E-state index contributed by atoms with van der Waals surface area (Å²) in [6.07, 6.45) is 4.06. The molecule has 3 rings (SSSR count). The minimum atomic E-state index is -0.170. The lowest BCUT2D eigenvalue weighted by atomic mass is 10.1. The van der Waals surface area contributed by atoms with E-state index in [2.05, 4.69) is 4.98 Å². The lowest BCUT2D eigenvalue weighted by Crippen LogP contribution is -2.40. The predicted molar refractivity (Wildman–Crippen MR) is 89.6 cm³/mol. The van der Waals surface area contributed by atoms with Crippen molar-refractivity contribution in [2.45, 2.75) is 45.7 Å². The second-order valence-corrected chi connectivity index (χ2v) is 6.04. The maximum absolute atomic E-state index is 12.7. The Bertz CT molecular complexity index is 782.